The van der Waals surface area contributed by atoms with Gasteiger partial charge in [0.2, 0.25) is 17.8 Å². The van der Waals surface area contributed by atoms with Crippen LogP contribution in [0.15, 0.2) is 48.5 Å². The first-order chi connectivity index (χ1) is 13.7. The molecule has 1 aliphatic heterocycles. The Morgan fingerprint density at radius 1 is 0.897 bits per heavy atom. The molecule has 1 aliphatic rings. The summed E-state index contributed by atoms with van der Waals surface area (Å²) in [5.74, 6) is 1.16. The van der Waals surface area contributed by atoms with Crippen molar-refractivity contribution in [1.82, 2.24) is 15.0 Å². The van der Waals surface area contributed by atoms with Crippen molar-refractivity contribution in [1.29, 1.82) is 0 Å². The molecular formula is C21H24ClFN6. The number of aromatic nitrogens is 3. The van der Waals surface area contributed by atoms with E-state index < -0.39 is 0 Å². The number of hydrogen-bond acceptors (Lipinski definition) is 6. The van der Waals surface area contributed by atoms with E-state index in [1.165, 1.54) is 17.7 Å². The van der Waals surface area contributed by atoms with E-state index >= 15 is 0 Å². The van der Waals surface area contributed by atoms with E-state index in [2.05, 4.69) is 49.5 Å². The Bertz CT molecular complexity index is 944. The van der Waals surface area contributed by atoms with Crippen molar-refractivity contribution in [2.45, 2.75) is 26.2 Å². The van der Waals surface area contributed by atoms with Crippen LogP contribution < -0.4 is 15.5 Å². The van der Waals surface area contributed by atoms with Crippen LogP contribution in [-0.2, 0) is 6.42 Å². The van der Waals surface area contributed by atoms with Gasteiger partial charge in [-0.3, -0.25) is 0 Å². The molecule has 0 saturated carbocycles. The second kappa shape index (κ2) is 9.52. The minimum absolute atomic E-state index is 0. The third-order valence-corrected chi connectivity index (χ3v) is 4.71. The first-order valence-electron chi connectivity index (χ1n) is 9.59. The van der Waals surface area contributed by atoms with E-state index in [0.29, 0.717) is 23.5 Å². The largest absolute Gasteiger partial charge is 0.341 e. The Morgan fingerprint density at radius 2 is 1.55 bits per heavy atom. The number of anilines is 5. The summed E-state index contributed by atoms with van der Waals surface area (Å²) in [6, 6.07) is 14.4. The molecule has 2 heterocycles. The highest BCUT2D eigenvalue weighted by molar-refractivity contribution is 5.85. The lowest BCUT2D eigenvalue weighted by Crippen LogP contribution is -2.21. The summed E-state index contributed by atoms with van der Waals surface area (Å²) in [7, 11) is 0. The average molecular weight is 415 g/mol. The zero-order chi connectivity index (χ0) is 19.3. The molecule has 0 atom stereocenters. The maximum absolute atomic E-state index is 13.5. The van der Waals surface area contributed by atoms with Crippen molar-refractivity contribution in [2.75, 3.05) is 28.6 Å². The monoisotopic (exact) mass is 414 g/mol. The van der Waals surface area contributed by atoms with Crippen LogP contribution in [-0.4, -0.2) is 28.0 Å². The van der Waals surface area contributed by atoms with Gasteiger partial charge < -0.3 is 15.5 Å². The summed E-state index contributed by atoms with van der Waals surface area (Å²) >= 11 is 0. The van der Waals surface area contributed by atoms with Gasteiger partial charge in [0, 0.05) is 24.5 Å². The lowest BCUT2D eigenvalue weighted by atomic mass is 10.1. The van der Waals surface area contributed by atoms with E-state index in [1.54, 1.807) is 12.1 Å². The van der Waals surface area contributed by atoms with Gasteiger partial charge in [0.15, 0.2) is 0 Å². The molecule has 0 unspecified atom stereocenters. The molecule has 6 nitrogen and oxygen atoms in total. The lowest BCUT2D eigenvalue weighted by Gasteiger charge is -2.17. The highest BCUT2D eigenvalue weighted by Gasteiger charge is 2.17. The van der Waals surface area contributed by atoms with Crippen LogP contribution >= 0.6 is 12.4 Å². The first-order valence-corrected chi connectivity index (χ1v) is 9.59. The molecule has 0 aliphatic carbocycles. The number of benzene rings is 2. The topological polar surface area (TPSA) is 66.0 Å². The summed E-state index contributed by atoms with van der Waals surface area (Å²) in [4.78, 5) is 15.7. The van der Waals surface area contributed by atoms with Crippen molar-refractivity contribution < 1.29 is 4.39 Å². The average Bonchev–Trinajstić information content (AvgIpc) is 3.23. The molecular weight excluding hydrogens is 391 g/mol. The standard InChI is InChI=1S/C21H23FN6.ClH/c1-2-15-8-10-17(11-9-15)23-19-25-20(24-18-7-5-6-16(22)14-18)27-21(26-19)28-12-3-4-13-28;/h5-11,14H,2-4,12-13H2,1H3,(H2,23,24,25,26,27);1H. The van der Waals surface area contributed by atoms with E-state index in [9.17, 15) is 4.39 Å². The molecule has 152 valence electrons. The SMILES string of the molecule is CCc1ccc(Nc2nc(Nc3cccc(F)c3)nc(N3CCCC3)n2)cc1.Cl. The molecule has 0 amide bonds. The molecule has 0 bridgehead atoms. The normalized spacial score (nSPS) is 13.1. The fraction of sp³-hybridized carbons (Fsp3) is 0.286. The number of nitrogens with zero attached hydrogens (tertiary/aromatic N) is 4. The Labute approximate surface area is 176 Å². The molecule has 1 fully saturated rings. The van der Waals surface area contributed by atoms with Crippen LogP contribution in [0.2, 0.25) is 0 Å². The maximum Gasteiger partial charge on any atom is 0.233 e. The van der Waals surface area contributed by atoms with E-state index in [1.807, 2.05) is 12.1 Å². The number of halogens is 2. The van der Waals surface area contributed by atoms with E-state index in [0.717, 1.165) is 38.0 Å². The zero-order valence-electron chi connectivity index (χ0n) is 16.2. The van der Waals surface area contributed by atoms with Crippen LogP contribution in [0.3, 0.4) is 0 Å². The summed E-state index contributed by atoms with van der Waals surface area (Å²) in [6.07, 6.45) is 3.24. The molecule has 29 heavy (non-hydrogen) atoms. The smallest absolute Gasteiger partial charge is 0.233 e. The highest BCUT2D eigenvalue weighted by atomic mass is 35.5. The predicted octanol–water partition coefficient (Wildman–Crippen LogP) is 5.08. The fourth-order valence-electron chi connectivity index (χ4n) is 3.18. The summed E-state index contributed by atoms with van der Waals surface area (Å²) in [6.45, 7) is 3.98. The minimum Gasteiger partial charge on any atom is -0.341 e. The number of nitrogens with one attached hydrogen (secondary N) is 2. The first kappa shape index (κ1) is 20.8. The third-order valence-electron chi connectivity index (χ3n) is 4.71. The molecule has 4 rings (SSSR count). The van der Waals surface area contributed by atoms with E-state index in [4.69, 9.17) is 0 Å². The Kier molecular flexibility index (Phi) is 6.82. The third kappa shape index (κ3) is 5.32. The predicted molar refractivity (Wildman–Crippen MR) is 117 cm³/mol. The lowest BCUT2D eigenvalue weighted by molar-refractivity contribution is 0.628. The molecule has 2 aromatic carbocycles. The molecule has 3 aromatic rings. The van der Waals surface area contributed by atoms with Gasteiger partial charge in [-0.25, -0.2) is 4.39 Å². The van der Waals surface area contributed by atoms with Gasteiger partial charge in [-0.2, -0.15) is 15.0 Å². The van der Waals surface area contributed by atoms with Crippen LogP contribution in [0.25, 0.3) is 0 Å². The summed E-state index contributed by atoms with van der Waals surface area (Å²) < 4.78 is 13.5. The van der Waals surface area contributed by atoms with E-state index in [-0.39, 0.29) is 18.2 Å². The molecule has 0 spiro atoms. The van der Waals surface area contributed by atoms with Gasteiger partial charge >= 0.3 is 0 Å². The van der Waals surface area contributed by atoms with Crippen LogP contribution in [0.1, 0.15) is 25.3 Å². The quantitative estimate of drug-likeness (QED) is 0.586. The van der Waals surface area contributed by atoms with Gasteiger partial charge in [-0.05, 0) is 55.2 Å². The van der Waals surface area contributed by atoms with Gasteiger partial charge in [0.05, 0.1) is 0 Å². The van der Waals surface area contributed by atoms with Gasteiger partial charge in [0.1, 0.15) is 5.82 Å². The molecule has 8 heteroatoms. The number of aryl methyl sites for hydroxylation is 1. The number of hydrogen-bond donors (Lipinski definition) is 2. The summed E-state index contributed by atoms with van der Waals surface area (Å²) in [5.41, 5.74) is 2.77. The van der Waals surface area contributed by atoms with Crippen LogP contribution in [0.4, 0.5) is 33.6 Å². The molecule has 1 aromatic heterocycles. The number of rotatable bonds is 6. The van der Waals surface area contributed by atoms with Crippen molar-refractivity contribution in [2.24, 2.45) is 0 Å². The Hall–Kier alpha value is -2.93. The zero-order valence-corrected chi connectivity index (χ0v) is 17.0. The van der Waals surface area contributed by atoms with Gasteiger partial charge in [0.25, 0.3) is 0 Å². The van der Waals surface area contributed by atoms with Crippen molar-refractivity contribution in [3.05, 3.63) is 59.9 Å². The second-order valence-electron chi connectivity index (χ2n) is 6.79. The Balaban J connectivity index is 0.00000240. The molecule has 0 radical (unpaired) electrons. The minimum atomic E-state index is -0.312. The second-order valence-corrected chi connectivity index (χ2v) is 6.79. The van der Waals surface area contributed by atoms with Gasteiger partial charge in [-0.1, -0.05) is 25.1 Å². The highest BCUT2D eigenvalue weighted by Crippen LogP contribution is 2.23. The van der Waals surface area contributed by atoms with Crippen LogP contribution in [0.5, 0.6) is 0 Å². The molecule has 1 saturated heterocycles. The summed E-state index contributed by atoms with van der Waals surface area (Å²) in [5, 5.41) is 6.34. The van der Waals surface area contributed by atoms with Crippen molar-refractivity contribution >= 4 is 41.6 Å². The van der Waals surface area contributed by atoms with Gasteiger partial charge in [-0.15, -0.1) is 12.4 Å². The van der Waals surface area contributed by atoms with Crippen molar-refractivity contribution in [3.8, 4) is 0 Å². The fourth-order valence-corrected chi connectivity index (χ4v) is 3.18. The van der Waals surface area contributed by atoms with Crippen LogP contribution in [0, 0.1) is 5.82 Å². The maximum atomic E-state index is 13.5. The molecule has 2 N–H and O–H groups in total. The Morgan fingerprint density at radius 3 is 2.17 bits per heavy atom. The van der Waals surface area contributed by atoms with Crippen molar-refractivity contribution in [3.63, 3.8) is 0 Å².